The molecule has 0 N–H and O–H groups in total. The lowest BCUT2D eigenvalue weighted by atomic mass is 9.33. The minimum Gasteiger partial charge on any atom is -0.456 e. The van der Waals surface area contributed by atoms with Crippen molar-refractivity contribution >= 4 is 123 Å². The van der Waals surface area contributed by atoms with Gasteiger partial charge in [0.2, 0.25) is 0 Å². The van der Waals surface area contributed by atoms with Gasteiger partial charge in [0.1, 0.15) is 11.2 Å². The third-order valence-corrected chi connectivity index (χ3v) is 24.8. The zero-order valence-electron chi connectivity index (χ0n) is 66.6. The highest BCUT2D eigenvalue weighted by Crippen LogP contribution is 2.53. The topological polar surface area (TPSA) is 29.5 Å². The lowest BCUT2D eigenvalue weighted by Gasteiger charge is -2.45. The van der Waals surface area contributed by atoms with Gasteiger partial charge in [-0.25, -0.2) is 0 Å². The molecule has 3 aromatic heterocycles. The maximum atomic E-state index is 6.64. The van der Waals surface area contributed by atoms with Crippen molar-refractivity contribution in [1.29, 1.82) is 0 Å². The molecule has 0 amide bonds. The molecule has 0 saturated heterocycles. The Morgan fingerprint density at radius 2 is 0.692 bits per heavy atom. The molecule has 20 aromatic rings. The summed E-state index contributed by atoms with van der Waals surface area (Å²) in [5, 5.41) is 6.98. The van der Waals surface area contributed by atoms with E-state index in [4.69, 9.17) is 4.42 Å². The van der Waals surface area contributed by atoms with Gasteiger partial charge in [-0.15, -0.1) is 0 Å². The molecule has 0 aliphatic carbocycles. The summed E-state index contributed by atoms with van der Waals surface area (Å²) in [7, 11) is 0. The number of rotatable bonds is 11. The predicted molar refractivity (Wildman–Crippen MR) is 497 cm³/mol. The summed E-state index contributed by atoms with van der Waals surface area (Å²) in [4.78, 5) is 5.35. The van der Waals surface area contributed by atoms with Gasteiger partial charge in [-0.2, -0.15) is 0 Å². The average Bonchev–Trinajstić information content (AvgIpc) is 0.867. The van der Waals surface area contributed by atoms with E-state index < -0.39 is 0 Å². The van der Waals surface area contributed by atoms with E-state index in [2.05, 4.69) is 444 Å². The molecule has 22 rings (SSSR count). The minimum absolute atomic E-state index is 0.150. The molecule has 0 radical (unpaired) electrons. The number of anilines is 6. The number of furan rings is 1. The number of aryl methyl sites for hydroxylation is 1. The number of benzene rings is 17. The molecule has 5 nitrogen and oxygen atoms in total. The first-order valence-electron chi connectivity index (χ1n) is 41.0. The zero-order chi connectivity index (χ0) is 78.5. The van der Waals surface area contributed by atoms with Gasteiger partial charge in [-0.1, -0.05) is 308 Å². The SMILES string of the molecule is Cc1cc(-c2ccc3oc4ccccc4c3c2)c(-c2ccc3c(c2)N(c2cc(-c4ccccc4)cc(-c4ccccc4)c2)c2cc(-n4c5ccccc5c5ccccc54)cc4c2B3c2ccc(-c3cc(-c5ccccc5)cc(C(C)(C)C)c3)cc2N4c2ccc(C(C)(C)C)cc2-c2ccccc2)c(-n2c3ccccc3c3ccccc32)c1. The van der Waals surface area contributed by atoms with Crippen molar-refractivity contribution in [3.63, 3.8) is 0 Å². The second-order valence-corrected chi connectivity index (χ2v) is 34.1. The molecule has 0 saturated carbocycles. The van der Waals surface area contributed by atoms with Crippen molar-refractivity contribution in [2.75, 3.05) is 9.80 Å². The van der Waals surface area contributed by atoms with Crippen molar-refractivity contribution in [1.82, 2.24) is 9.13 Å². The van der Waals surface area contributed by atoms with Gasteiger partial charge in [-0.05, 0) is 227 Å². The van der Waals surface area contributed by atoms with Crippen LogP contribution in [0.5, 0.6) is 0 Å². The van der Waals surface area contributed by atoms with Crippen LogP contribution in [0.3, 0.4) is 0 Å². The maximum absolute atomic E-state index is 6.64. The van der Waals surface area contributed by atoms with E-state index in [9.17, 15) is 0 Å². The van der Waals surface area contributed by atoms with Crippen LogP contribution in [0.1, 0.15) is 58.2 Å². The molecule has 0 unspecified atom stereocenters. The van der Waals surface area contributed by atoms with Crippen molar-refractivity contribution in [3.8, 4) is 89.3 Å². The number of hydrogen-bond donors (Lipinski definition) is 0. The van der Waals surface area contributed by atoms with E-state index in [1.165, 1.54) is 65.8 Å². The van der Waals surface area contributed by atoms with E-state index in [0.717, 1.165) is 156 Å². The molecule has 17 aromatic carbocycles. The molecular weight excluding hydrogens is 1420 g/mol. The first-order chi connectivity index (χ1) is 57.2. The molecule has 0 bridgehead atoms. The summed E-state index contributed by atoms with van der Waals surface area (Å²) in [6.45, 7) is 16.0. The van der Waals surface area contributed by atoms with Gasteiger partial charge in [0.15, 0.2) is 0 Å². The van der Waals surface area contributed by atoms with Gasteiger partial charge < -0.3 is 23.4 Å². The van der Waals surface area contributed by atoms with E-state index in [1.807, 2.05) is 0 Å². The smallest absolute Gasteiger partial charge is 0.252 e. The third-order valence-electron chi connectivity index (χ3n) is 24.8. The van der Waals surface area contributed by atoms with E-state index >= 15 is 0 Å². The second-order valence-electron chi connectivity index (χ2n) is 34.1. The molecule has 2 aliphatic rings. The van der Waals surface area contributed by atoms with E-state index in [-0.39, 0.29) is 17.5 Å². The minimum atomic E-state index is -0.297. The second kappa shape index (κ2) is 27.0. The molecular formula is C111H83BN4O. The fraction of sp³-hybridized carbons (Fsp3) is 0.0811. The number of nitrogens with zero attached hydrogens (tertiary/aromatic N) is 4. The Labute approximate surface area is 683 Å². The average molecular weight is 1500 g/mol. The Balaban J connectivity index is 0.903. The molecule has 0 fully saturated rings. The largest absolute Gasteiger partial charge is 0.456 e. The first kappa shape index (κ1) is 69.5. The number of fused-ring (bicyclic) bond motifs is 13. The third kappa shape index (κ3) is 11.5. The number of para-hydroxylation sites is 5. The van der Waals surface area contributed by atoms with Crippen molar-refractivity contribution in [3.05, 3.63) is 393 Å². The van der Waals surface area contributed by atoms with Gasteiger partial charge in [0.05, 0.1) is 39.1 Å². The summed E-state index contributed by atoms with van der Waals surface area (Å²) in [6, 6.07) is 142. The summed E-state index contributed by atoms with van der Waals surface area (Å²) in [5.41, 5.74) is 37.9. The van der Waals surface area contributed by atoms with Gasteiger partial charge >= 0.3 is 0 Å². The van der Waals surface area contributed by atoms with Crippen molar-refractivity contribution in [2.24, 2.45) is 0 Å². The Bertz CT molecular complexity index is 7250. The number of hydrogen-bond acceptors (Lipinski definition) is 3. The quantitative estimate of drug-likeness (QED) is 0.121. The highest BCUT2D eigenvalue weighted by atomic mass is 16.3. The molecule has 0 atom stereocenters. The maximum Gasteiger partial charge on any atom is 0.252 e. The van der Waals surface area contributed by atoms with Crippen LogP contribution in [-0.2, 0) is 10.8 Å². The molecule has 0 spiro atoms. The van der Waals surface area contributed by atoms with Crippen molar-refractivity contribution < 1.29 is 4.42 Å². The highest BCUT2D eigenvalue weighted by molar-refractivity contribution is 7.00. The summed E-state index contributed by atoms with van der Waals surface area (Å²) in [6.07, 6.45) is 0. The predicted octanol–water partition coefficient (Wildman–Crippen LogP) is 28.4. The Kier molecular flexibility index (Phi) is 16.0. The van der Waals surface area contributed by atoms with Crippen LogP contribution in [0.2, 0.25) is 0 Å². The summed E-state index contributed by atoms with van der Waals surface area (Å²) < 4.78 is 11.7. The lowest BCUT2D eigenvalue weighted by Crippen LogP contribution is -2.61. The van der Waals surface area contributed by atoms with Crippen LogP contribution in [0, 0.1) is 6.92 Å². The van der Waals surface area contributed by atoms with Crippen LogP contribution in [0.4, 0.5) is 34.1 Å². The van der Waals surface area contributed by atoms with Crippen molar-refractivity contribution in [2.45, 2.75) is 59.3 Å². The van der Waals surface area contributed by atoms with Gasteiger partial charge in [0, 0.05) is 71.9 Å². The Morgan fingerprint density at radius 1 is 0.248 bits per heavy atom. The summed E-state index contributed by atoms with van der Waals surface area (Å²) >= 11 is 0. The summed E-state index contributed by atoms with van der Waals surface area (Å²) in [5.74, 6) is 0. The van der Waals surface area contributed by atoms with Crippen LogP contribution >= 0.6 is 0 Å². The van der Waals surface area contributed by atoms with Gasteiger partial charge in [-0.3, -0.25) is 0 Å². The molecule has 556 valence electrons. The van der Waals surface area contributed by atoms with Crippen LogP contribution in [-0.4, -0.2) is 15.8 Å². The van der Waals surface area contributed by atoms with Gasteiger partial charge in [0.25, 0.3) is 6.71 Å². The fourth-order valence-electron chi connectivity index (χ4n) is 19.1. The van der Waals surface area contributed by atoms with Crippen LogP contribution < -0.4 is 26.2 Å². The Hall–Kier alpha value is -14.2. The highest BCUT2D eigenvalue weighted by Gasteiger charge is 2.45. The first-order valence-corrected chi connectivity index (χ1v) is 41.0. The van der Waals surface area contributed by atoms with E-state index in [1.54, 1.807) is 0 Å². The monoisotopic (exact) mass is 1500 g/mol. The fourth-order valence-corrected chi connectivity index (χ4v) is 19.1. The standard InChI is InChI=1S/C111H83BN4O/c1-70-56-92(76-50-55-107-93(64-76)90-42-24-29-47-106(90)117-107)108(103(57-70)115-98-45-27-22-40-88(98)89-41-23-28-46-99(89)115)77-49-53-94-101(66-77)114(84-62-80(72-32-14-9-15-33-72)59-81(63-84)73-34-16-10-17-35-73)104-68-85(113-96-43-25-20-38-86(96)87-39-21-26-44-97(87)113)69-105-109(104)112(94)95-52-48-75(79-58-78(71-30-12-8-13-31-71)60-83(61-79)111(5,6)7)65-102(95)116(105)100-54-51-82(110(2,3)4)67-91(100)74-36-18-11-19-37-74/h8-69H,1-7H3. The zero-order valence-corrected chi connectivity index (χ0v) is 66.6. The Morgan fingerprint density at radius 3 is 1.25 bits per heavy atom. The molecule has 2 aliphatic heterocycles. The normalized spacial score (nSPS) is 12.7. The molecule has 5 heterocycles. The van der Waals surface area contributed by atoms with Crippen LogP contribution in [0.25, 0.3) is 155 Å². The van der Waals surface area contributed by atoms with Crippen LogP contribution in [0.15, 0.2) is 381 Å². The molecule has 6 heteroatoms. The number of aromatic nitrogens is 2. The lowest BCUT2D eigenvalue weighted by molar-refractivity contribution is 0.590. The molecule has 117 heavy (non-hydrogen) atoms. The van der Waals surface area contributed by atoms with E-state index in [0.29, 0.717) is 0 Å².